The normalized spacial score (nSPS) is 28.2. The van der Waals surface area contributed by atoms with E-state index in [0.717, 1.165) is 28.9 Å². The number of anilines is 6. The van der Waals surface area contributed by atoms with Crippen LogP contribution in [-0.2, 0) is 126 Å². The number of fused-ring (bicyclic) bond motifs is 9. The third-order valence-corrected chi connectivity index (χ3v) is 24.4. The van der Waals surface area contributed by atoms with Crippen LogP contribution in [0, 0.1) is 17.8 Å². The summed E-state index contributed by atoms with van der Waals surface area (Å²) in [6, 6.07) is 0. The van der Waals surface area contributed by atoms with Crippen molar-refractivity contribution >= 4 is 113 Å². The standard InChI is InChI=1S/C28H43N4O12P.2C27H41N4O13P/c1-11-45(38)39-13-16-18(44-45)17(33)14-12-15-19(31(21(14)40-16)23(35)41-26(2,3)4)29-22(30-20(15)34)32(24(36)42-27(5,6)7)25(37)43-28(8,9)10;1-25(2,3)41-22(34)29-21-28-18-14(19(33)31(21)24(36)43-27(7,8)9)11-13-16(32)17-15(12-39-45(37,38-10)44-17)40-20(13)30(18)23(35)42-26(4,5)6;1-25(2,3)41-22(33)30-21-28-18-14(19(29-21)40-24(35)43-27(7,8)9)11-13-16(32)17-15(12-38-45(36,37-10)44-17)39-20(13)31(18)23(34)42-26(4,5)6/h14,16-18,21,33H,11-13H2,1-10H3,(H,29,30,34);13,15-17,20,32H,11-12H2,1-10H3,(H,28,29,34);13,15-17,20,32H,11-12H2,1-10H3,(H,28,29,30,33). The van der Waals surface area contributed by atoms with Gasteiger partial charge in [0.25, 0.3) is 11.1 Å². The van der Waals surface area contributed by atoms with Crippen molar-refractivity contribution in [3.63, 3.8) is 0 Å². The van der Waals surface area contributed by atoms with Crippen LogP contribution in [0.2, 0.25) is 0 Å². The molecule has 18 unspecified atom stereocenters. The zero-order valence-electron chi connectivity index (χ0n) is 81.1. The Kier molecular flexibility index (Phi) is 31.3. The fraction of sp³-hybridized carbons (Fsp3) is 0.744. The van der Waals surface area contributed by atoms with Gasteiger partial charge in [-0.25, -0.2) is 67.0 Å². The first-order chi connectivity index (χ1) is 61.6. The highest BCUT2D eigenvalue weighted by Crippen LogP contribution is 2.60. The molecule has 135 heavy (non-hydrogen) atoms. The Bertz CT molecular complexity index is 5250. The van der Waals surface area contributed by atoms with Gasteiger partial charge >= 0.3 is 78.1 Å². The monoisotopic (exact) mass is 1980 g/mol. The van der Waals surface area contributed by atoms with Gasteiger partial charge in [-0.05, 0) is 206 Å². The maximum atomic E-state index is 14.1. The number of amides is 7. The molecule has 18 atom stereocenters. The molecule has 3 aromatic rings. The number of imide groups is 1. The lowest BCUT2D eigenvalue weighted by Crippen LogP contribution is -2.66. The molecule has 50 nitrogen and oxygen atoms in total. The quantitative estimate of drug-likeness (QED) is 0.0727. The van der Waals surface area contributed by atoms with Crippen molar-refractivity contribution in [1.82, 2.24) is 29.5 Å². The third-order valence-electron chi connectivity index (χ3n) is 19.7. The van der Waals surface area contributed by atoms with Crippen molar-refractivity contribution in [3.05, 3.63) is 37.4 Å². The Morgan fingerprint density at radius 1 is 0.437 bits per heavy atom. The highest BCUT2D eigenvalue weighted by molar-refractivity contribution is 7.53. The molecule has 0 spiro atoms. The molecule has 6 fully saturated rings. The summed E-state index contributed by atoms with van der Waals surface area (Å²) in [5.41, 5.74) is -10.9. The molecule has 0 saturated carbocycles. The number of nitrogens with one attached hydrogen (secondary N) is 3. The summed E-state index contributed by atoms with van der Waals surface area (Å²) in [4.78, 5) is 170. The van der Waals surface area contributed by atoms with Crippen LogP contribution in [0.25, 0.3) is 0 Å². The fourth-order valence-corrected chi connectivity index (χ4v) is 18.3. The number of carbonyl (C=O) groups is 9. The third kappa shape index (κ3) is 26.6. The summed E-state index contributed by atoms with van der Waals surface area (Å²) in [5.74, 6) is -5.65. The van der Waals surface area contributed by atoms with Crippen molar-refractivity contribution in [3.8, 4) is 5.88 Å². The number of nitrogens with zero attached hydrogens (tertiary/aromatic N) is 9. The van der Waals surface area contributed by atoms with Crippen LogP contribution in [0.1, 0.15) is 211 Å². The zero-order valence-corrected chi connectivity index (χ0v) is 83.8. The number of aromatic amines is 1. The highest BCUT2D eigenvalue weighted by atomic mass is 31.2. The van der Waals surface area contributed by atoms with Gasteiger partial charge < -0.3 is 81.4 Å². The van der Waals surface area contributed by atoms with Crippen LogP contribution in [0.4, 0.5) is 78.4 Å². The first-order valence-corrected chi connectivity index (χ1v) is 47.8. The molecule has 6 saturated heterocycles. The molecule has 756 valence electrons. The van der Waals surface area contributed by atoms with Crippen molar-refractivity contribution in [2.45, 2.75) is 337 Å². The average Bonchev–Trinajstić information content (AvgIpc) is 0.698. The second kappa shape index (κ2) is 39.2. The summed E-state index contributed by atoms with van der Waals surface area (Å²) >= 11 is 0. The number of phosphoric ester groups is 2. The van der Waals surface area contributed by atoms with Crippen molar-refractivity contribution in [2.75, 3.05) is 70.4 Å². The second-order valence-electron chi connectivity index (χ2n) is 41.4. The Hall–Kier alpha value is -9.20. The van der Waals surface area contributed by atoms with Crippen LogP contribution < -0.4 is 46.1 Å². The number of aliphatic hydroxyl groups is 3. The van der Waals surface area contributed by atoms with E-state index in [1.165, 1.54) is 0 Å². The predicted octanol–water partition coefficient (Wildman–Crippen LogP) is 11.9. The number of ether oxygens (including phenoxy) is 13. The van der Waals surface area contributed by atoms with Gasteiger partial charge in [0.2, 0.25) is 23.7 Å². The number of rotatable bonds is 7. The zero-order chi connectivity index (χ0) is 101. The number of phosphoric acid groups is 2. The number of hydrogen-bond acceptors (Lipinski definition) is 42. The molecule has 12 rings (SSSR count). The van der Waals surface area contributed by atoms with E-state index in [0.29, 0.717) is 9.47 Å². The van der Waals surface area contributed by atoms with E-state index in [4.69, 9.17) is 97.8 Å². The van der Waals surface area contributed by atoms with Crippen LogP contribution in [-0.4, -0.2) is 264 Å². The van der Waals surface area contributed by atoms with Crippen LogP contribution in [0.3, 0.4) is 0 Å². The van der Waals surface area contributed by atoms with Crippen molar-refractivity contribution in [1.29, 1.82) is 0 Å². The molecule has 0 aromatic carbocycles. The SMILES string of the molecule is CCP1(=O)OCC2OC3C(Cc4c(nc(N(C(=O)OC(C)(C)C)C(=O)OC(C)(C)C)[nH]c4=O)N3C(=O)OC(C)(C)C)C(O)C2O1.COP1(=O)OCC2OC3C(Cc4c(OC(=O)OC(C)(C)C)nc(NC(=O)OC(C)(C)C)nc4N3C(=O)OC(C)(C)C)C(O)C2O1.COP1(=O)OCC2OC3C(Cc4c(nc(NC(=O)OC(C)(C)C)n(C(=O)OC(C)(C)C)c4=O)N3C(=O)OC(C)(C)C)C(O)C2O1. The second-order valence-corrected chi connectivity index (χ2v) is 47.2. The first-order valence-electron chi connectivity index (χ1n) is 43.2. The topological polar surface area (TPSA) is 603 Å². The number of hydrogen-bond donors (Lipinski definition) is 6. The molecule has 3 aromatic heterocycles. The number of H-pyrrole nitrogens is 1. The Labute approximate surface area is 778 Å². The van der Waals surface area contributed by atoms with Crippen LogP contribution in [0.5, 0.6) is 5.88 Å². The molecule has 0 bridgehead atoms. The maximum Gasteiger partial charge on any atom is 0.515 e. The van der Waals surface area contributed by atoms with E-state index in [1.54, 1.807) is 194 Å². The highest BCUT2D eigenvalue weighted by Gasteiger charge is 2.62. The van der Waals surface area contributed by atoms with Gasteiger partial charge in [-0.1, -0.05) is 6.92 Å². The average molecular weight is 1980 g/mol. The van der Waals surface area contributed by atoms with Crippen molar-refractivity contribution < 1.29 is 170 Å². The molecule has 0 radical (unpaired) electrons. The molecule has 9 aliphatic heterocycles. The van der Waals surface area contributed by atoms with E-state index in [2.05, 4.69) is 35.6 Å². The largest absolute Gasteiger partial charge is 0.515 e. The van der Waals surface area contributed by atoms with Crippen molar-refractivity contribution in [2.24, 2.45) is 17.8 Å². The molecular formula is C82H125N12O38P3. The summed E-state index contributed by atoms with van der Waals surface area (Å²) in [6.07, 6.45) is -24.5. The van der Waals surface area contributed by atoms with E-state index in [9.17, 15) is 81.8 Å². The van der Waals surface area contributed by atoms with E-state index in [-0.39, 0.29) is 91.2 Å². The summed E-state index contributed by atoms with van der Waals surface area (Å²) in [5, 5.41) is 39.2. The van der Waals surface area contributed by atoms with Gasteiger partial charge in [0, 0.05) is 38.1 Å². The molecule has 6 N–H and O–H groups in total. The van der Waals surface area contributed by atoms with Gasteiger partial charge in [0.15, 0.2) is 17.5 Å². The van der Waals surface area contributed by atoms with Gasteiger partial charge in [-0.15, -0.1) is 4.90 Å². The Morgan fingerprint density at radius 2 is 0.785 bits per heavy atom. The smallest absolute Gasteiger partial charge is 0.444 e. The minimum absolute atomic E-state index is 0.0639. The maximum absolute atomic E-state index is 14.1. The molecule has 53 heteroatoms. The molecule has 12 heterocycles. The first kappa shape index (κ1) is 108. The van der Waals surface area contributed by atoms with Gasteiger partial charge in [-0.3, -0.25) is 61.4 Å². The lowest BCUT2D eigenvalue weighted by atomic mass is 9.82. The van der Waals surface area contributed by atoms with Crippen LogP contribution in [0.15, 0.2) is 9.59 Å². The lowest BCUT2D eigenvalue weighted by molar-refractivity contribution is -0.219. The number of aliphatic hydroxyl groups excluding tert-OH is 3. The molecule has 0 aliphatic carbocycles. The van der Waals surface area contributed by atoms with E-state index >= 15 is 0 Å². The molecule has 9 aliphatic rings. The molecular weight excluding hydrogens is 1850 g/mol. The van der Waals surface area contributed by atoms with E-state index in [1.807, 2.05) is 0 Å². The Morgan fingerprint density at radius 3 is 1.17 bits per heavy atom. The van der Waals surface area contributed by atoms with Gasteiger partial charge in [-0.2, -0.15) is 24.5 Å². The minimum Gasteiger partial charge on any atom is -0.444 e. The van der Waals surface area contributed by atoms with E-state index < -0.39 is 243 Å². The summed E-state index contributed by atoms with van der Waals surface area (Å²) < 4.78 is 154. The van der Waals surface area contributed by atoms with Gasteiger partial charge in [0.05, 0.1) is 54.8 Å². The van der Waals surface area contributed by atoms with Crippen LogP contribution >= 0.6 is 23.2 Å². The predicted molar refractivity (Wildman–Crippen MR) is 470 cm³/mol. The molecule has 7 amide bonds. The fourth-order valence-electron chi connectivity index (χ4n) is 14.6. The lowest BCUT2D eigenvalue weighted by Gasteiger charge is -2.51. The number of aromatic nitrogens is 6. The minimum atomic E-state index is -4.02. The number of carbonyl (C=O) groups excluding carboxylic acids is 9. The summed E-state index contributed by atoms with van der Waals surface area (Å²) in [6.45, 7) is 44.5. The van der Waals surface area contributed by atoms with Gasteiger partial charge in [0.1, 0.15) is 106 Å². The summed E-state index contributed by atoms with van der Waals surface area (Å²) in [7, 11) is -9.24. The Balaban J connectivity index is 0.000000209.